The Morgan fingerprint density at radius 3 is 2.55 bits per heavy atom. The van der Waals surface area contributed by atoms with Crippen LogP contribution in [-0.2, 0) is 23.9 Å². The average Bonchev–Trinajstić information content (AvgIpc) is 2.71. The van der Waals surface area contributed by atoms with Crippen molar-refractivity contribution in [2.24, 2.45) is 5.11 Å². The summed E-state index contributed by atoms with van der Waals surface area (Å²) >= 11 is 0. The first-order chi connectivity index (χ1) is 9.54. The lowest BCUT2D eigenvalue weighted by atomic mass is 10.3. The SMILES string of the molecule is [N-]=[N+]=NCCC(=O)NCCC(=O)OC1C(=O)CCC1=O. The molecule has 1 amide bonds. The highest BCUT2D eigenvalue weighted by molar-refractivity contribution is 6.12. The van der Waals surface area contributed by atoms with Gasteiger partial charge >= 0.3 is 5.97 Å². The van der Waals surface area contributed by atoms with E-state index in [9.17, 15) is 19.2 Å². The van der Waals surface area contributed by atoms with Gasteiger partial charge in [0, 0.05) is 37.3 Å². The van der Waals surface area contributed by atoms with Gasteiger partial charge in [-0.1, -0.05) is 5.11 Å². The summed E-state index contributed by atoms with van der Waals surface area (Å²) in [7, 11) is 0. The Bertz CT molecular complexity index is 453. The molecule has 108 valence electrons. The number of ketones is 2. The monoisotopic (exact) mass is 282 g/mol. The fourth-order valence-corrected chi connectivity index (χ4v) is 1.60. The van der Waals surface area contributed by atoms with Crippen LogP contribution >= 0.6 is 0 Å². The molecule has 0 aromatic carbocycles. The molecule has 0 radical (unpaired) electrons. The van der Waals surface area contributed by atoms with Gasteiger partial charge in [0.2, 0.25) is 12.0 Å². The van der Waals surface area contributed by atoms with E-state index in [0.29, 0.717) is 0 Å². The first-order valence-corrected chi connectivity index (χ1v) is 6.07. The van der Waals surface area contributed by atoms with Crippen LogP contribution < -0.4 is 5.32 Å². The molecular formula is C11H14N4O5. The highest BCUT2D eigenvalue weighted by Crippen LogP contribution is 2.14. The van der Waals surface area contributed by atoms with Crippen molar-refractivity contribution in [3.63, 3.8) is 0 Å². The fraction of sp³-hybridized carbons (Fsp3) is 0.636. The molecule has 0 bridgehead atoms. The molecular weight excluding hydrogens is 268 g/mol. The minimum atomic E-state index is -1.27. The third-order valence-electron chi connectivity index (χ3n) is 2.61. The van der Waals surface area contributed by atoms with Crippen LogP contribution in [0.1, 0.15) is 25.7 Å². The van der Waals surface area contributed by atoms with Crippen molar-refractivity contribution in [1.29, 1.82) is 0 Å². The highest BCUT2D eigenvalue weighted by atomic mass is 16.6. The first-order valence-electron chi connectivity index (χ1n) is 6.07. The summed E-state index contributed by atoms with van der Waals surface area (Å²) in [5, 5.41) is 5.62. The standard InChI is InChI=1S/C11H14N4O5/c12-15-14-6-3-9(18)13-5-4-10(19)20-11-7(16)1-2-8(11)17/h11H,1-6H2,(H,13,18). The molecule has 1 fully saturated rings. The number of Topliss-reactive ketones (excluding diaryl/α,β-unsaturated/α-hetero) is 2. The molecule has 9 nitrogen and oxygen atoms in total. The molecule has 1 rings (SSSR count). The third-order valence-corrected chi connectivity index (χ3v) is 2.61. The largest absolute Gasteiger partial charge is 0.446 e. The van der Waals surface area contributed by atoms with E-state index in [2.05, 4.69) is 15.3 Å². The maximum absolute atomic E-state index is 11.4. The molecule has 20 heavy (non-hydrogen) atoms. The van der Waals surface area contributed by atoms with Crippen LogP contribution in [0, 0.1) is 0 Å². The normalized spacial score (nSPS) is 14.8. The summed E-state index contributed by atoms with van der Waals surface area (Å²) in [6.07, 6.45) is -1.17. The summed E-state index contributed by atoms with van der Waals surface area (Å²) in [4.78, 5) is 47.6. The zero-order chi connectivity index (χ0) is 15.0. The van der Waals surface area contributed by atoms with Gasteiger partial charge in [0.1, 0.15) is 0 Å². The number of nitrogens with one attached hydrogen (secondary N) is 1. The number of carbonyl (C=O) groups is 4. The smallest absolute Gasteiger partial charge is 0.308 e. The van der Waals surface area contributed by atoms with E-state index in [1.165, 1.54) is 0 Å². The van der Waals surface area contributed by atoms with E-state index in [-0.39, 0.29) is 56.2 Å². The summed E-state index contributed by atoms with van der Waals surface area (Å²) in [5.41, 5.74) is 8.02. The van der Waals surface area contributed by atoms with Crippen LogP contribution in [0.3, 0.4) is 0 Å². The van der Waals surface area contributed by atoms with E-state index in [4.69, 9.17) is 10.3 Å². The summed E-state index contributed by atoms with van der Waals surface area (Å²) < 4.78 is 4.76. The Balaban J connectivity index is 2.20. The molecule has 1 saturated carbocycles. The Hall–Kier alpha value is -2.41. The van der Waals surface area contributed by atoms with Gasteiger partial charge in [-0.05, 0) is 5.53 Å². The van der Waals surface area contributed by atoms with Crippen LogP contribution in [0.4, 0.5) is 0 Å². The molecule has 0 aromatic rings. The Labute approximate surface area is 114 Å². The minimum absolute atomic E-state index is 0.0265. The van der Waals surface area contributed by atoms with Crippen molar-refractivity contribution in [2.45, 2.75) is 31.8 Å². The maximum atomic E-state index is 11.4. The molecule has 0 atom stereocenters. The van der Waals surface area contributed by atoms with E-state index < -0.39 is 12.1 Å². The van der Waals surface area contributed by atoms with Gasteiger partial charge in [0.05, 0.1) is 6.42 Å². The Morgan fingerprint density at radius 2 is 1.95 bits per heavy atom. The number of esters is 1. The van der Waals surface area contributed by atoms with Crippen LogP contribution in [0.15, 0.2) is 5.11 Å². The molecule has 1 aliphatic carbocycles. The molecule has 0 unspecified atom stereocenters. The molecule has 0 aliphatic heterocycles. The van der Waals surface area contributed by atoms with Crippen LogP contribution in [0.5, 0.6) is 0 Å². The van der Waals surface area contributed by atoms with Crippen LogP contribution in [0.2, 0.25) is 0 Å². The lowest BCUT2D eigenvalue weighted by Gasteiger charge is -2.09. The van der Waals surface area contributed by atoms with Crippen molar-refractivity contribution in [1.82, 2.24) is 5.32 Å². The predicted molar refractivity (Wildman–Crippen MR) is 65.4 cm³/mol. The van der Waals surface area contributed by atoms with Gasteiger partial charge in [-0.2, -0.15) is 0 Å². The van der Waals surface area contributed by atoms with E-state index >= 15 is 0 Å². The third kappa shape index (κ3) is 5.07. The zero-order valence-corrected chi connectivity index (χ0v) is 10.7. The minimum Gasteiger partial charge on any atom is -0.446 e. The molecule has 0 saturated heterocycles. The number of hydrogen-bond donors (Lipinski definition) is 1. The summed E-state index contributed by atoms with van der Waals surface area (Å²) in [5.74, 6) is -1.85. The van der Waals surface area contributed by atoms with Crippen molar-refractivity contribution < 1.29 is 23.9 Å². The number of nitrogens with zero attached hydrogens (tertiary/aromatic N) is 3. The lowest BCUT2D eigenvalue weighted by molar-refractivity contribution is -0.157. The van der Waals surface area contributed by atoms with Crippen molar-refractivity contribution in [3.05, 3.63) is 10.4 Å². The molecule has 0 aromatic heterocycles. The summed E-state index contributed by atoms with van der Waals surface area (Å²) in [6.45, 7) is 0.0703. The van der Waals surface area contributed by atoms with Crippen molar-refractivity contribution in [3.8, 4) is 0 Å². The average molecular weight is 282 g/mol. The molecule has 0 heterocycles. The zero-order valence-electron chi connectivity index (χ0n) is 10.7. The van der Waals surface area contributed by atoms with E-state index in [1.807, 2.05) is 0 Å². The number of hydrogen-bond acceptors (Lipinski definition) is 6. The van der Waals surface area contributed by atoms with Gasteiger partial charge in [0.15, 0.2) is 11.6 Å². The molecule has 1 N–H and O–H groups in total. The van der Waals surface area contributed by atoms with Gasteiger partial charge in [-0.3, -0.25) is 19.2 Å². The Morgan fingerprint density at radius 1 is 1.30 bits per heavy atom. The number of azide groups is 1. The van der Waals surface area contributed by atoms with E-state index in [0.717, 1.165) is 0 Å². The number of carbonyl (C=O) groups excluding carboxylic acids is 4. The number of rotatable bonds is 7. The Kier molecular flexibility index (Phi) is 6.18. The van der Waals surface area contributed by atoms with Crippen molar-refractivity contribution in [2.75, 3.05) is 13.1 Å². The van der Waals surface area contributed by atoms with Crippen LogP contribution in [0.25, 0.3) is 10.4 Å². The molecule has 0 spiro atoms. The second-order valence-corrected chi connectivity index (χ2v) is 4.11. The summed E-state index contributed by atoms with van der Waals surface area (Å²) in [6, 6.07) is 0. The first kappa shape index (κ1) is 15.6. The van der Waals surface area contributed by atoms with Gasteiger partial charge < -0.3 is 10.1 Å². The fourth-order valence-electron chi connectivity index (χ4n) is 1.60. The van der Waals surface area contributed by atoms with Crippen LogP contribution in [-0.4, -0.2) is 42.6 Å². The quantitative estimate of drug-likeness (QED) is 0.231. The highest BCUT2D eigenvalue weighted by Gasteiger charge is 2.35. The molecule has 9 heteroatoms. The lowest BCUT2D eigenvalue weighted by Crippen LogP contribution is -2.31. The topological polar surface area (TPSA) is 138 Å². The van der Waals surface area contributed by atoms with Crippen molar-refractivity contribution >= 4 is 23.4 Å². The predicted octanol–water partition coefficient (Wildman–Crippen LogP) is 0.0369. The number of amides is 1. The van der Waals surface area contributed by atoms with Gasteiger partial charge in [-0.15, -0.1) is 0 Å². The second-order valence-electron chi connectivity index (χ2n) is 4.11. The molecule has 1 aliphatic rings. The van der Waals surface area contributed by atoms with Gasteiger partial charge in [-0.25, -0.2) is 0 Å². The maximum Gasteiger partial charge on any atom is 0.308 e. The van der Waals surface area contributed by atoms with Gasteiger partial charge in [0.25, 0.3) is 0 Å². The van der Waals surface area contributed by atoms with E-state index in [1.54, 1.807) is 0 Å². The number of ether oxygens (including phenoxy) is 1. The second kappa shape index (κ2) is 7.90.